The lowest BCUT2D eigenvalue weighted by atomic mass is 10.2. The molecule has 0 aliphatic heterocycles. The molecule has 1 aromatic heterocycles. The fourth-order valence-corrected chi connectivity index (χ4v) is 1.86. The number of hydrogen-bond donors (Lipinski definition) is 1. The van der Waals surface area contributed by atoms with Gasteiger partial charge in [-0.05, 0) is 19.1 Å². The number of ether oxygens (including phenoxy) is 1. The molecular formula is C13H13ClN2O3. The lowest BCUT2D eigenvalue weighted by Gasteiger charge is -2.06. The second-order valence-corrected chi connectivity index (χ2v) is 4.30. The van der Waals surface area contributed by atoms with E-state index in [-0.39, 0.29) is 6.61 Å². The molecule has 0 radical (unpaired) electrons. The molecular weight excluding hydrogens is 268 g/mol. The summed E-state index contributed by atoms with van der Waals surface area (Å²) in [6, 6.07) is 7.33. The Bertz CT molecular complexity index is 569. The Kier molecular flexibility index (Phi) is 4.41. The molecule has 6 heteroatoms. The summed E-state index contributed by atoms with van der Waals surface area (Å²) in [5, 5.41) is 7.57. The Morgan fingerprint density at radius 1 is 1.47 bits per heavy atom. The first kappa shape index (κ1) is 13.4. The molecule has 0 amide bonds. The number of anilines is 2. The van der Waals surface area contributed by atoms with Gasteiger partial charge in [0.15, 0.2) is 0 Å². The van der Waals surface area contributed by atoms with Crippen molar-refractivity contribution in [3.8, 4) is 0 Å². The van der Waals surface area contributed by atoms with E-state index in [9.17, 15) is 4.79 Å². The number of nitrogens with zero attached hydrogens (tertiary/aromatic N) is 1. The summed E-state index contributed by atoms with van der Waals surface area (Å²) in [6.45, 7) is 2.53. The first-order valence-corrected chi connectivity index (χ1v) is 6.12. The van der Waals surface area contributed by atoms with Crippen LogP contribution < -0.4 is 5.32 Å². The Morgan fingerprint density at radius 3 is 3.00 bits per heavy atom. The smallest absolute Gasteiger partial charge is 0.293 e. The molecule has 0 aliphatic rings. The van der Waals surface area contributed by atoms with Crippen LogP contribution in [0.25, 0.3) is 0 Å². The van der Waals surface area contributed by atoms with Crippen molar-refractivity contribution < 1.29 is 14.1 Å². The maximum atomic E-state index is 10.1. The lowest BCUT2D eigenvalue weighted by molar-refractivity contribution is -0.128. The predicted molar refractivity (Wildman–Crippen MR) is 71.7 cm³/mol. The summed E-state index contributed by atoms with van der Waals surface area (Å²) in [4.78, 5) is 10.1. The topological polar surface area (TPSA) is 64.4 Å². The summed E-state index contributed by atoms with van der Waals surface area (Å²) in [7, 11) is 0. The monoisotopic (exact) mass is 280 g/mol. The van der Waals surface area contributed by atoms with Gasteiger partial charge in [0, 0.05) is 12.0 Å². The van der Waals surface area contributed by atoms with Crippen LogP contribution in [0.2, 0.25) is 5.02 Å². The first-order valence-electron chi connectivity index (χ1n) is 5.74. The van der Waals surface area contributed by atoms with Gasteiger partial charge in [-0.2, -0.15) is 0 Å². The predicted octanol–water partition coefficient (Wildman–Crippen LogP) is 3.10. The van der Waals surface area contributed by atoms with Gasteiger partial charge < -0.3 is 14.6 Å². The van der Waals surface area contributed by atoms with Crippen molar-refractivity contribution in [1.29, 1.82) is 0 Å². The van der Waals surface area contributed by atoms with Gasteiger partial charge in [0.25, 0.3) is 6.47 Å². The highest BCUT2D eigenvalue weighted by Crippen LogP contribution is 2.28. The third kappa shape index (κ3) is 3.26. The average molecular weight is 281 g/mol. The van der Waals surface area contributed by atoms with Gasteiger partial charge in [-0.1, -0.05) is 28.9 Å². The van der Waals surface area contributed by atoms with E-state index >= 15 is 0 Å². The van der Waals surface area contributed by atoms with Crippen LogP contribution in [-0.2, 0) is 16.0 Å². The number of aryl methyl sites for hydroxylation is 1. The van der Waals surface area contributed by atoms with Crippen LogP contribution in [0, 0.1) is 6.92 Å². The fourth-order valence-electron chi connectivity index (χ4n) is 1.68. The molecule has 1 aromatic carbocycles. The molecule has 0 saturated heterocycles. The van der Waals surface area contributed by atoms with E-state index in [1.54, 1.807) is 6.07 Å². The van der Waals surface area contributed by atoms with Gasteiger partial charge in [-0.15, -0.1) is 0 Å². The molecule has 19 heavy (non-hydrogen) atoms. The van der Waals surface area contributed by atoms with Crippen LogP contribution in [0.5, 0.6) is 0 Å². The van der Waals surface area contributed by atoms with Crippen molar-refractivity contribution >= 4 is 29.6 Å². The number of aromatic nitrogens is 1. The maximum absolute atomic E-state index is 10.1. The molecule has 0 saturated carbocycles. The molecule has 0 aliphatic carbocycles. The fraction of sp³-hybridized carbons (Fsp3) is 0.231. The van der Waals surface area contributed by atoms with Gasteiger partial charge in [0.2, 0.25) is 5.88 Å². The van der Waals surface area contributed by atoms with E-state index in [0.717, 1.165) is 16.9 Å². The van der Waals surface area contributed by atoms with Crippen LogP contribution in [0.4, 0.5) is 11.6 Å². The molecule has 0 atom stereocenters. The number of hydrogen-bond acceptors (Lipinski definition) is 5. The molecule has 0 fully saturated rings. The minimum absolute atomic E-state index is 0.281. The van der Waals surface area contributed by atoms with Gasteiger partial charge in [-0.25, -0.2) is 0 Å². The number of rotatable bonds is 6. The minimum atomic E-state index is 0.281. The van der Waals surface area contributed by atoms with Gasteiger partial charge in [0.1, 0.15) is 0 Å². The first-order chi connectivity index (χ1) is 9.22. The highest BCUT2D eigenvalue weighted by molar-refractivity contribution is 6.33. The van der Waals surface area contributed by atoms with Crippen molar-refractivity contribution in [1.82, 2.24) is 5.16 Å². The highest BCUT2D eigenvalue weighted by Gasteiger charge is 2.14. The molecule has 0 unspecified atom stereocenters. The van der Waals surface area contributed by atoms with E-state index in [2.05, 4.69) is 15.2 Å². The molecule has 100 valence electrons. The molecule has 0 spiro atoms. The standard InChI is InChI=1S/C13H13ClN2O3/c1-9-10(6-7-18-8-17)13(19-16-9)15-12-5-3-2-4-11(12)14/h2-5,8,15H,6-7H2,1H3. The van der Waals surface area contributed by atoms with E-state index in [1.807, 2.05) is 25.1 Å². The number of carbonyl (C=O) groups is 1. The Hall–Kier alpha value is -2.01. The SMILES string of the molecule is Cc1noc(Nc2ccccc2Cl)c1CCOC=O. The van der Waals surface area contributed by atoms with E-state index in [0.29, 0.717) is 23.8 Å². The molecule has 2 aromatic rings. The van der Waals surface area contributed by atoms with Crippen molar-refractivity contribution in [2.24, 2.45) is 0 Å². The average Bonchev–Trinajstić information content (AvgIpc) is 2.74. The number of carbonyl (C=O) groups excluding carboxylic acids is 1. The zero-order chi connectivity index (χ0) is 13.7. The summed E-state index contributed by atoms with van der Waals surface area (Å²) in [5.41, 5.74) is 2.35. The van der Waals surface area contributed by atoms with Crippen LogP contribution in [-0.4, -0.2) is 18.2 Å². The Balaban J connectivity index is 2.16. The molecule has 0 bridgehead atoms. The maximum Gasteiger partial charge on any atom is 0.293 e. The van der Waals surface area contributed by atoms with Gasteiger partial charge in [0.05, 0.1) is 23.0 Å². The van der Waals surface area contributed by atoms with E-state index < -0.39 is 0 Å². The quantitative estimate of drug-likeness (QED) is 0.651. The highest BCUT2D eigenvalue weighted by atomic mass is 35.5. The largest absolute Gasteiger partial charge is 0.468 e. The minimum Gasteiger partial charge on any atom is -0.468 e. The summed E-state index contributed by atoms with van der Waals surface area (Å²) in [5.74, 6) is 0.514. The second-order valence-electron chi connectivity index (χ2n) is 3.90. The third-order valence-corrected chi connectivity index (χ3v) is 2.97. The van der Waals surface area contributed by atoms with Crippen LogP contribution in [0.3, 0.4) is 0 Å². The number of benzene rings is 1. The van der Waals surface area contributed by atoms with E-state index in [4.69, 9.17) is 16.1 Å². The van der Waals surface area contributed by atoms with Gasteiger partial charge >= 0.3 is 0 Å². The second kappa shape index (κ2) is 6.24. The van der Waals surface area contributed by atoms with Crippen LogP contribution >= 0.6 is 11.6 Å². The molecule has 1 heterocycles. The normalized spacial score (nSPS) is 10.2. The third-order valence-electron chi connectivity index (χ3n) is 2.64. The van der Waals surface area contributed by atoms with Gasteiger partial charge in [-0.3, -0.25) is 4.79 Å². The Labute approximate surface area is 115 Å². The Morgan fingerprint density at radius 2 is 2.26 bits per heavy atom. The lowest BCUT2D eigenvalue weighted by Crippen LogP contribution is -2.00. The molecule has 5 nitrogen and oxygen atoms in total. The summed E-state index contributed by atoms with van der Waals surface area (Å²) < 4.78 is 9.91. The van der Waals surface area contributed by atoms with Crippen molar-refractivity contribution in [2.45, 2.75) is 13.3 Å². The zero-order valence-electron chi connectivity index (χ0n) is 10.4. The number of para-hydroxylation sites is 1. The van der Waals surface area contributed by atoms with Crippen LogP contribution in [0.1, 0.15) is 11.3 Å². The van der Waals surface area contributed by atoms with Crippen molar-refractivity contribution in [3.63, 3.8) is 0 Å². The number of nitrogens with one attached hydrogen (secondary N) is 1. The molecule has 2 rings (SSSR count). The van der Waals surface area contributed by atoms with Crippen LogP contribution in [0.15, 0.2) is 28.8 Å². The van der Waals surface area contributed by atoms with Crippen molar-refractivity contribution in [3.05, 3.63) is 40.5 Å². The molecule has 1 N–H and O–H groups in total. The number of halogens is 1. The van der Waals surface area contributed by atoms with E-state index in [1.165, 1.54) is 0 Å². The summed E-state index contributed by atoms with van der Waals surface area (Å²) in [6.07, 6.45) is 0.529. The zero-order valence-corrected chi connectivity index (χ0v) is 11.1. The summed E-state index contributed by atoms with van der Waals surface area (Å²) >= 11 is 6.06. The van der Waals surface area contributed by atoms with Crippen molar-refractivity contribution in [2.75, 3.05) is 11.9 Å².